The van der Waals surface area contributed by atoms with Crippen molar-refractivity contribution in [3.63, 3.8) is 0 Å². The van der Waals surface area contributed by atoms with E-state index >= 15 is 0 Å². The van der Waals surface area contributed by atoms with Crippen molar-refractivity contribution in [1.29, 1.82) is 0 Å². The third-order valence-corrected chi connectivity index (χ3v) is 7.32. The molecule has 0 spiro atoms. The van der Waals surface area contributed by atoms with Crippen LogP contribution in [0.3, 0.4) is 0 Å². The lowest BCUT2D eigenvalue weighted by atomic mass is 9.96. The van der Waals surface area contributed by atoms with E-state index in [0.29, 0.717) is 37.5 Å². The summed E-state index contributed by atoms with van der Waals surface area (Å²) in [6.45, 7) is 3.22. The van der Waals surface area contributed by atoms with Crippen LogP contribution in [0.4, 0.5) is 5.82 Å². The van der Waals surface area contributed by atoms with Crippen LogP contribution >= 0.6 is 23.1 Å². The van der Waals surface area contributed by atoms with Gasteiger partial charge in [0.15, 0.2) is 0 Å². The van der Waals surface area contributed by atoms with Gasteiger partial charge in [0.1, 0.15) is 10.8 Å². The molecule has 8 heteroatoms. The van der Waals surface area contributed by atoms with Gasteiger partial charge in [-0.05, 0) is 49.6 Å². The first-order valence-electron chi connectivity index (χ1n) is 10.0. The van der Waals surface area contributed by atoms with Gasteiger partial charge in [-0.25, -0.2) is 9.97 Å². The molecule has 1 N–H and O–H groups in total. The summed E-state index contributed by atoms with van der Waals surface area (Å²) in [5, 5.41) is 3.95. The first kappa shape index (κ1) is 20.8. The van der Waals surface area contributed by atoms with Gasteiger partial charge in [-0.15, -0.1) is 23.1 Å². The van der Waals surface area contributed by atoms with E-state index in [0.717, 1.165) is 21.8 Å². The van der Waals surface area contributed by atoms with E-state index in [4.69, 9.17) is 0 Å². The number of rotatable bonds is 6. The first-order chi connectivity index (χ1) is 14.6. The van der Waals surface area contributed by atoms with E-state index in [1.807, 2.05) is 42.2 Å². The molecule has 1 aliphatic rings. The summed E-state index contributed by atoms with van der Waals surface area (Å²) in [5.74, 6) is 1.83. The molecule has 0 radical (unpaired) electrons. The molecule has 0 unspecified atom stereocenters. The van der Waals surface area contributed by atoms with Crippen molar-refractivity contribution in [2.24, 2.45) is 5.92 Å². The summed E-state index contributed by atoms with van der Waals surface area (Å²) >= 11 is 3.29. The molecule has 1 aliphatic heterocycles. The highest BCUT2D eigenvalue weighted by Crippen LogP contribution is 2.25. The largest absolute Gasteiger partial charge is 0.342 e. The molecule has 6 nitrogen and oxygen atoms in total. The second-order valence-electron chi connectivity index (χ2n) is 7.43. The number of nitrogens with one attached hydrogen (secondary N) is 1. The van der Waals surface area contributed by atoms with Crippen molar-refractivity contribution >= 4 is 50.9 Å². The Bertz CT molecular complexity index is 1010. The lowest BCUT2D eigenvalue weighted by Gasteiger charge is -2.31. The second-order valence-corrected chi connectivity index (χ2v) is 9.53. The van der Waals surface area contributed by atoms with Crippen molar-refractivity contribution in [2.75, 3.05) is 24.2 Å². The Labute approximate surface area is 184 Å². The molecule has 0 aliphatic carbocycles. The van der Waals surface area contributed by atoms with Crippen LogP contribution in [0.1, 0.15) is 23.4 Å². The molecule has 156 valence electrons. The minimum atomic E-state index is -0.0771. The fourth-order valence-corrected chi connectivity index (χ4v) is 5.47. The fraction of sp³-hybridized carbons (Fsp3) is 0.364. The number of amides is 2. The number of anilines is 1. The number of carbonyl (C=O) groups excluding carboxylic acids is 2. The molecular weight excluding hydrogens is 416 g/mol. The smallest absolute Gasteiger partial charge is 0.232 e. The zero-order valence-electron chi connectivity index (χ0n) is 16.8. The normalized spacial score (nSPS) is 14.8. The van der Waals surface area contributed by atoms with Crippen molar-refractivity contribution in [3.05, 3.63) is 53.2 Å². The molecule has 0 atom stereocenters. The SMILES string of the molecule is Cc1ccnc(NC(=O)C2CCN(C(=O)CSCc3nc4ccccc4s3)CC2)c1. The Kier molecular flexibility index (Phi) is 6.64. The Hall–Kier alpha value is -2.45. The molecule has 2 aromatic heterocycles. The number of benzene rings is 1. The molecule has 0 bridgehead atoms. The maximum atomic E-state index is 12.5. The van der Waals surface area contributed by atoms with Gasteiger partial charge in [0.25, 0.3) is 0 Å². The van der Waals surface area contributed by atoms with E-state index in [2.05, 4.69) is 21.4 Å². The van der Waals surface area contributed by atoms with Crippen molar-refractivity contribution < 1.29 is 9.59 Å². The number of likely N-dealkylation sites (tertiary alicyclic amines) is 1. The van der Waals surface area contributed by atoms with Gasteiger partial charge in [-0.1, -0.05) is 12.1 Å². The Morgan fingerprint density at radius 2 is 2.03 bits per heavy atom. The maximum absolute atomic E-state index is 12.5. The highest BCUT2D eigenvalue weighted by Gasteiger charge is 2.27. The topological polar surface area (TPSA) is 75.2 Å². The predicted octanol–water partition coefficient (Wildman–Crippen LogP) is 4.11. The summed E-state index contributed by atoms with van der Waals surface area (Å²) < 4.78 is 1.18. The third-order valence-electron chi connectivity index (χ3n) is 5.17. The van der Waals surface area contributed by atoms with Gasteiger partial charge < -0.3 is 10.2 Å². The average Bonchev–Trinajstić information content (AvgIpc) is 3.16. The monoisotopic (exact) mass is 440 g/mol. The minimum absolute atomic E-state index is 0.00888. The lowest BCUT2D eigenvalue weighted by Crippen LogP contribution is -2.42. The second kappa shape index (κ2) is 9.57. The van der Waals surface area contributed by atoms with E-state index in [9.17, 15) is 9.59 Å². The van der Waals surface area contributed by atoms with Crippen LogP contribution in [0.25, 0.3) is 10.2 Å². The van der Waals surface area contributed by atoms with Crippen LogP contribution in [0.5, 0.6) is 0 Å². The van der Waals surface area contributed by atoms with Crippen LogP contribution in [0.2, 0.25) is 0 Å². The number of pyridine rings is 1. The standard InChI is InChI=1S/C22H24N4O2S2/c1-15-6-9-23-19(12-15)25-22(28)16-7-10-26(11-8-16)21(27)14-29-13-20-24-17-4-2-3-5-18(17)30-20/h2-6,9,12,16H,7-8,10-11,13-14H2,1H3,(H,23,25,28). The van der Waals surface area contributed by atoms with Crippen molar-refractivity contribution in [1.82, 2.24) is 14.9 Å². The molecule has 3 aromatic rings. The fourth-order valence-electron chi connectivity index (χ4n) is 3.52. The number of fused-ring (bicyclic) bond motifs is 1. The Morgan fingerprint density at radius 3 is 2.80 bits per heavy atom. The molecular formula is C22H24N4O2S2. The summed E-state index contributed by atoms with van der Waals surface area (Å²) in [4.78, 5) is 35.7. The molecule has 30 heavy (non-hydrogen) atoms. The number of carbonyl (C=O) groups is 2. The Balaban J connectivity index is 1.20. The van der Waals surface area contributed by atoms with Gasteiger partial charge in [-0.3, -0.25) is 9.59 Å². The van der Waals surface area contributed by atoms with Crippen LogP contribution in [-0.4, -0.2) is 45.5 Å². The highest BCUT2D eigenvalue weighted by molar-refractivity contribution is 7.99. The first-order valence-corrected chi connectivity index (χ1v) is 12.0. The number of thiazole rings is 1. The molecule has 2 amide bonds. The van der Waals surface area contributed by atoms with E-state index in [1.165, 1.54) is 4.70 Å². The number of hydrogen-bond acceptors (Lipinski definition) is 6. The summed E-state index contributed by atoms with van der Waals surface area (Å²) in [7, 11) is 0. The number of hydrogen-bond donors (Lipinski definition) is 1. The van der Waals surface area contributed by atoms with Gasteiger partial charge in [0.05, 0.1) is 16.0 Å². The third kappa shape index (κ3) is 5.17. The molecule has 1 saturated heterocycles. The van der Waals surface area contributed by atoms with Crippen LogP contribution in [0, 0.1) is 12.8 Å². The average molecular weight is 441 g/mol. The number of piperidine rings is 1. The highest BCUT2D eigenvalue weighted by atomic mass is 32.2. The summed E-state index contributed by atoms with van der Waals surface area (Å²) in [5.41, 5.74) is 2.08. The van der Waals surface area contributed by atoms with Gasteiger partial charge in [-0.2, -0.15) is 0 Å². The lowest BCUT2D eigenvalue weighted by molar-refractivity contribution is -0.132. The number of aryl methyl sites for hydroxylation is 1. The number of thioether (sulfide) groups is 1. The molecule has 3 heterocycles. The van der Waals surface area contributed by atoms with Gasteiger partial charge >= 0.3 is 0 Å². The molecule has 0 saturated carbocycles. The quantitative estimate of drug-likeness (QED) is 0.624. The number of para-hydroxylation sites is 1. The molecule has 1 fully saturated rings. The zero-order valence-corrected chi connectivity index (χ0v) is 18.5. The van der Waals surface area contributed by atoms with Gasteiger partial charge in [0.2, 0.25) is 11.8 Å². The summed E-state index contributed by atoms with van der Waals surface area (Å²) in [6, 6.07) is 11.8. The summed E-state index contributed by atoms with van der Waals surface area (Å²) in [6.07, 6.45) is 3.07. The predicted molar refractivity (Wildman–Crippen MR) is 123 cm³/mol. The molecule has 1 aromatic carbocycles. The van der Waals surface area contributed by atoms with E-state index < -0.39 is 0 Å². The number of nitrogens with zero attached hydrogens (tertiary/aromatic N) is 3. The van der Waals surface area contributed by atoms with Crippen molar-refractivity contribution in [2.45, 2.75) is 25.5 Å². The van der Waals surface area contributed by atoms with Crippen LogP contribution in [-0.2, 0) is 15.3 Å². The maximum Gasteiger partial charge on any atom is 0.232 e. The number of aromatic nitrogens is 2. The minimum Gasteiger partial charge on any atom is -0.342 e. The van der Waals surface area contributed by atoms with Crippen LogP contribution in [0.15, 0.2) is 42.6 Å². The van der Waals surface area contributed by atoms with Crippen LogP contribution < -0.4 is 5.32 Å². The van der Waals surface area contributed by atoms with E-state index in [-0.39, 0.29) is 17.7 Å². The zero-order chi connectivity index (χ0) is 20.9. The van der Waals surface area contributed by atoms with Crippen molar-refractivity contribution in [3.8, 4) is 0 Å². The van der Waals surface area contributed by atoms with E-state index in [1.54, 1.807) is 29.3 Å². The van der Waals surface area contributed by atoms with Gasteiger partial charge in [0, 0.05) is 31.0 Å². The Morgan fingerprint density at radius 1 is 1.23 bits per heavy atom. The molecule has 4 rings (SSSR count).